The van der Waals surface area contributed by atoms with Gasteiger partial charge in [-0.2, -0.15) is 0 Å². The van der Waals surface area contributed by atoms with Crippen LogP contribution in [0.5, 0.6) is 11.5 Å². The van der Waals surface area contributed by atoms with Gasteiger partial charge in [0.15, 0.2) is 17.3 Å². The van der Waals surface area contributed by atoms with E-state index in [1.54, 1.807) is 6.08 Å². The van der Waals surface area contributed by atoms with Crippen molar-refractivity contribution in [2.45, 2.75) is 32.0 Å². The summed E-state index contributed by atoms with van der Waals surface area (Å²) in [6, 6.07) is 8.54. The van der Waals surface area contributed by atoms with Crippen molar-refractivity contribution in [1.29, 1.82) is 0 Å². The molecule has 12 heteroatoms. The zero-order chi connectivity index (χ0) is 26.2. The molecule has 1 aromatic heterocycles. The number of hydrogen-bond acceptors (Lipinski definition) is 10. The Hall–Kier alpha value is -3.90. The Balaban J connectivity index is 1.45. The van der Waals surface area contributed by atoms with Crippen LogP contribution in [-0.2, 0) is 14.3 Å². The van der Waals surface area contributed by atoms with Gasteiger partial charge in [0.05, 0.1) is 4.92 Å². The fourth-order valence-corrected chi connectivity index (χ4v) is 4.32. The van der Waals surface area contributed by atoms with E-state index in [2.05, 4.69) is 15.6 Å². The van der Waals surface area contributed by atoms with Gasteiger partial charge in [0.2, 0.25) is 13.1 Å². The lowest BCUT2D eigenvalue weighted by Crippen LogP contribution is -2.39. The Morgan fingerprint density at radius 3 is 2.81 bits per heavy atom. The molecule has 0 saturated carbocycles. The van der Waals surface area contributed by atoms with E-state index in [4.69, 9.17) is 18.9 Å². The molecule has 3 heterocycles. The Labute approximate surface area is 213 Å². The van der Waals surface area contributed by atoms with Crippen molar-refractivity contribution >= 4 is 17.4 Å². The summed E-state index contributed by atoms with van der Waals surface area (Å²) in [4.78, 5) is 27.2. The van der Waals surface area contributed by atoms with Gasteiger partial charge in [-0.25, -0.2) is 4.98 Å². The Kier molecular flexibility index (Phi) is 8.75. The molecule has 0 spiro atoms. The van der Waals surface area contributed by atoms with Crippen LogP contribution in [0.4, 0.5) is 11.5 Å². The molecule has 2 aliphatic rings. The second kappa shape index (κ2) is 12.4. The number of fused-ring (bicyclic) bond motifs is 1. The maximum absolute atomic E-state index is 13.0. The van der Waals surface area contributed by atoms with Gasteiger partial charge in [-0.05, 0) is 49.6 Å². The minimum absolute atomic E-state index is 0.0386. The number of aliphatic hydroxyl groups excluding tert-OH is 1. The first kappa shape index (κ1) is 26.2. The van der Waals surface area contributed by atoms with Gasteiger partial charge in [-0.3, -0.25) is 14.9 Å². The molecule has 3 N–H and O–H groups in total. The number of aromatic nitrogens is 1. The van der Waals surface area contributed by atoms with Crippen molar-refractivity contribution in [2.75, 3.05) is 38.4 Å². The number of amides is 1. The third-order valence-electron chi connectivity index (χ3n) is 6.09. The molecular formula is C25H30N4O8. The van der Waals surface area contributed by atoms with E-state index in [0.29, 0.717) is 43.3 Å². The SMILES string of the molecule is CCO[C@@H]1OC(C(=O)NCCNc2ccc([N+](=O)[O-])cn2)=C[C@H](c2ccc3c(c2)OCO3)[C@H]1CCCO. The molecule has 2 aromatic rings. The average molecular weight is 515 g/mol. The molecule has 2 aliphatic heterocycles. The smallest absolute Gasteiger partial charge is 0.287 e. The quantitative estimate of drug-likeness (QED) is 0.219. The topological polar surface area (TPSA) is 154 Å². The molecule has 4 rings (SSSR count). The summed E-state index contributed by atoms with van der Waals surface area (Å²) in [5.74, 6) is 1.18. The summed E-state index contributed by atoms with van der Waals surface area (Å²) in [7, 11) is 0. The normalized spacial score (nSPS) is 20.1. The number of allylic oxidation sites excluding steroid dienone is 1. The number of carbonyl (C=O) groups is 1. The number of carbonyl (C=O) groups excluding carboxylic acids is 1. The molecule has 12 nitrogen and oxygen atoms in total. The van der Waals surface area contributed by atoms with Gasteiger partial charge in [-0.15, -0.1) is 0 Å². The first-order valence-corrected chi connectivity index (χ1v) is 12.1. The summed E-state index contributed by atoms with van der Waals surface area (Å²) < 4.78 is 22.8. The molecule has 198 valence electrons. The molecule has 0 unspecified atom stereocenters. The Morgan fingerprint density at radius 1 is 1.24 bits per heavy atom. The number of rotatable bonds is 12. The third-order valence-corrected chi connectivity index (χ3v) is 6.09. The predicted molar refractivity (Wildman–Crippen MR) is 132 cm³/mol. The number of aliphatic hydroxyl groups is 1. The number of nitro groups is 1. The Bertz CT molecular complexity index is 1120. The zero-order valence-electron chi connectivity index (χ0n) is 20.4. The molecule has 3 atom stereocenters. The second-order valence-electron chi connectivity index (χ2n) is 8.48. The van der Waals surface area contributed by atoms with E-state index >= 15 is 0 Å². The van der Waals surface area contributed by atoms with Crippen LogP contribution in [-0.4, -0.2) is 60.3 Å². The van der Waals surface area contributed by atoms with E-state index in [0.717, 1.165) is 5.56 Å². The Morgan fingerprint density at radius 2 is 2.08 bits per heavy atom. The van der Waals surface area contributed by atoms with Crippen LogP contribution in [0.25, 0.3) is 0 Å². The van der Waals surface area contributed by atoms with Crippen LogP contribution in [0.3, 0.4) is 0 Å². The van der Waals surface area contributed by atoms with Gasteiger partial charge in [0.1, 0.15) is 12.0 Å². The summed E-state index contributed by atoms with van der Waals surface area (Å²) in [5.41, 5.74) is 0.829. The molecule has 0 radical (unpaired) electrons. The molecule has 1 amide bonds. The van der Waals surface area contributed by atoms with Crippen molar-refractivity contribution in [1.82, 2.24) is 10.3 Å². The highest BCUT2D eigenvalue weighted by molar-refractivity contribution is 5.91. The van der Waals surface area contributed by atoms with Gasteiger partial charge in [0, 0.05) is 44.2 Å². The highest BCUT2D eigenvalue weighted by Gasteiger charge is 2.38. The number of nitrogens with zero attached hydrogens (tertiary/aromatic N) is 2. The summed E-state index contributed by atoms with van der Waals surface area (Å²) in [5, 5.41) is 26.0. The number of nitrogens with one attached hydrogen (secondary N) is 2. The van der Waals surface area contributed by atoms with Crippen molar-refractivity contribution in [3.05, 3.63) is 64.0 Å². The van der Waals surface area contributed by atoms with Crippen molar-refractivity contribution in [3.63, 3.8) is 0 Å². The van der Waals surface area contributed by atoms with Crippen LogP contribution in [0.1, 0.15) is 31.2 Å². The van der Waals surface area contributed by atoms with E-state index < -0.39 is 17.1 Å². The van der Waals surface area contributed by atoms with Crippen LogP contribution in [0.2, 0.25) is 0 Å². The van der Waals surface area contributed by atoms with Crippen LogP contribution < -0.4 is 20.1 Å². The molecule has 0 fully saturated rings. The molecule has 0 aliphatic carbocycles. The lowest BCUT2D eigenvalue weighted by molar-refractivity contribution is -0.385. The van der Waals surface area contributed by atoms with E-state index in [1.165, 1.54) is 18.3 Å². The van der Waals surface area contributed by atoms with Gasteiger partial charge in [-0.1, -0.05) is 6.07 Å². The monoisotopic (exact) mass is 514 g/mol. The minimum atomic E-state index is -0.667. The fraction of sp³-hybridized carbons (Fsp3) is 0.440. The number of hydrogen-bond donors (Lipinski definition) is 3. The highest BCUT2D eigenvalue weighted by Crippen LogP contribution is 2.42. The first-order chi connectivity index (χ1) is 18.0. The molecular weight excluding hydrogens is 484 g/mol. The first-order valence-electron chi connectivity index (χ1n) is 12.1. The molecule has 0 saturated heterocycles. The van der Waals surface area contributed by atoms with Gasteiger partial charge < -0.3 is 34.7 Å². The molecule has 37 heavy (non-hydrogen) atoms. The number of anilines is 1. The lowest BCUT2D eigenvalue weighted by Gasteiger charge is -2.37. The average Bonchev–Trinajstić information content (AvgIpc) is 3.38. The lowest BCUT2D eigenvalue weighted by atomic mass is 9.80. The maximum atomic E-state index is 13.0. The molecule has 0 bridgehead atoms. The van der Waals surface area contributed by atoms with Gasteiger partial charge in [0.25, 0.3) is 11.6 Å². The summed E-state index contributed by atoms with van der Waals surface area (Å²) >= 11 is 0. The number of pyridine rings is 1. The minimum Gasteiger partial charge on any atom is -0.459 e. The van der Waals surface area contributed by atoms with Crippen molar-refractivity contribution < 1.29 is 33.8 Å². The fourth-order valence-electron chi connectivity index (χ4n) is 4.32. The van der Waals surface area contributed by atoms with Crippen LogP contribution >= 0.6 is 0 Å². The second-order valence-corrected chi connectivity index (χ2v) is 8.48. The van der Waals surface area contributed by atoms with Gasteiger partial charge >= 0.3 is 0 Å². The zero-order valence-corrected chi connectivity index (χ0v) is 20.4. The van der Waals surface area contributed by atoms with E-state index in [-0.39, 0.29) is 43.2 Å². The molecule has 1 aromatic carbocycles. The largest absolute Gasteiger partial charge is 0.459 e. The third kappa shape index (κ3) is 6.46. The van der Waals surface area contributed by atoms with Crippen molar-refractivity contribution in [2.24, 2.45) is 5.92 Å². The van der Waals surface area contributed by atoms with E-state index in [1.807, 2.05) is 25.1 Å². The number of benzene rings is 1. The van der Waals surface area contributed by atoms with E-state index in [9.17, 15) is 20.0 Å². The highest BCUT2D eigenvalue weighted by atomic mass is 16.7. The number of ether oxygens (including phenoxy) is 4. The summed E-state index contributed by atoms with van der Waals surface area (Å²) in [6.45, 7) is 3.07. The van der Waals surface area contributed by atoms with Crippen LogP contribution in [0, 0.1) is 16.0 Å². The predicted octanol–water partition coefficient (Wildman–Crippen LogP) is 2.70. The maximum Gasteiger partial charge on any atom is 0.287 e. The standard InChI is InChI=1S/C25H30N4O8/c1-2-34-25-18(4-3-11-30)19(16-5-7-20-21(12-16)36-15-35-20)13-22(37-25)24(31)27-10-9-26-23-8-6-17(14-28-23)29(32)33/h5-8,12-14,18-19,25,30H,2-4,9-11,15H2,1H3,(H,26,28)(H,27,31)/t18-,19-,25-/m1/s1. The summed E-state index contributed by atoms with van der Waals surface area (Å²) in [6.07, 6.45) is 3.49. The van der Waals surface area contributed by atoms with Crippen molar-refractivity contribution in [3.8, 4) is 11.5 Å². The van der Waals surface area contributed by atoms with Crippen LogP contribution in [0.15, 0.2) is 48.4 Å².